The van der Waals surface area contributed by atoms with E-state index in [1.54, 1.807) is 21.0 Å². The van der Waals surface area contributed by atoms with E-state index >= 15 is 0 Å². The Morgan fingerprint density at radius 3 is 2.06 bits per heavy atom. The number of ketones is 1. The van der Waals surface area contributed by atoms with E-state index in [4.69, 9.17) is 13.8 Å². The summed E-state index contributed by atoms with van der Waals surface area (Å²) >= 11 is 0. The standard InChI is InChI=1S/C27H43O5P/c1-25(2,3)20-14-12-13-19-18(17-21(26(4,5)6)24(30-9)23(19)20)15-16-22(28)27(7,8)33(29,31-10)32-11/h15-17,20H,12-14H2,1-11H3/b16-15+. The maximum atomic E-state index is 13.2. The molecule has 6 heteroatoms. The number of fused-ring (bicyclic) bond motifs is 1. The Morgan fingerprint density at radius 1 is 1.03 bits per heavy atom. The molecule has 0 amide bonds. The van der Waals surface area contributed by atoms with Crippen molar-refractivity contribution < 1.29 is 23.1 Å². The predicted molar refractivity (Wildman–Crippen MR) is 137 cm³/mol. The van der Waals surface area contributed by atoms with Gasteiger partial charge in [-0.25, -0.2) is 0 Å². The van der Waals surface area contributed by atoms with E-state index in [1.807, 2.05) is 6.08 Å². The minimum atomic E-state index is -3.59. The molecular weight excluding hydrogens is 435 g/mol. The summed E-state index contributed by atoms with van der Waals surface area (Å²) in [4.78, 5) is 13.2. The fourth-order valence-electron chi connectivity index (χ4n) is 4.85. The van der Waals surface area contributed by atoms with Crippen LogP contribution in [0.2, 0.25) is 0 Å². The quantitative estimate of drug-likeness (QED) is 0.304. The summed E-state index contributed by atoms with van der Waals surface area (Å²) in [5.41, 5.74) is 4.63. The van der Waals surface area contributed by atoms with Crippen molar-refractivity contribution in [2.75, 3.05) is 21.3 Å². The Kier molecular flexibility index (Phi) is 8.16. The van der Waals surface area contributed by atoms with Crippen molar-refractivity contribution in [3.8, 4) is 5.75 Å². The van der Waals surface area contributed by atoms with Gasteiger partial charge in [-0.3, -0.25) is 9.36 Å². The third-order valence-electron chi connectivity index (χ3n) is 6.97. The van der Waals surface area contributed by atoms with Crippen molar-refractivity contribution in [2.24, 2.45) is 5.41 Å². The van der Waals surface area contributed by atoms with Gasteiger partial charge in [0.15, 0.2) is 5.78 Å². The Labute approximate surface area is 200 Å². The Bertz CT molecular complexity index is 952. The zero-order chi connectivity index (χ0) is 25.4. The van der Waals surface area contributed by atoms with Gasteiger partial charge in [-0.2, -0.15) is 0 Å². The first-order valence-corrected chi connectivity index (χ1v) is 13.3. The van der Waals surface area contributed by atoms with Gasteiger partial charge < -0.3 is 13.8 Å². The van der Waals surface area contributed by atoms with Gasteiger partial charge in [0.25, 0.3) is 0 Å². The third kappa shape index (κ3) is 5.31. The highest BCUT2D eigenvalue weighted by molar-refractivity contribution is 7.56. The average molecular weight is 479 g/mol. The summed E-state index contributed by atoms with van der Waals surface area (Å²) in [6.07, 6.45) is 6.54. The van der Waals surface area contributed by atoms with Gasteiger partial charge in [0.1, 0.15) is 10.9 Å². The fraction of sp³-hybridized carbons (Fsp3) is 0.667. The Balaban J connectivity index is 2.72. The highest BCUT2D eigenvalue weighted by atomic mass is 31.2. The first-order chi connectivity index (χ1) is 15.0. The molecule has 1 aliphatic carbocycles. The van der Waals surface area contributed by atoms with Crippen LogP contribution in [0.4, 0.5) is 0 Å². The van der Waals surface area contributed by atoms with Crippen LogP contribution in [0.3, 0.4) is 0 Å². The Morgan fingerprint density at radius 2 is 1.61 bits per heavy atom. The molecule has 0 N–H and O–H groups in total. The summed E-state index contributed by atoms with van der Waals surface area (Å²) < 4.78 is 29.3. The Hall–Kier alpha value is -1.42. The fourth-order valence-corrected chi connectivity index (χ4v) is 6.25. The molecule has 1 aromatic carbocycles. The topological polar surface area (TPSA) is 61.8 Å². The average Bonchev–Trinajstić information content (AvgIpc) is 2.73. The molecule has 33 heavy (non-hydrogen) atoms. The van der Waals surface area contributed by atoms with Crippen LogP contribution in [0, 0.1) is 5.41 Å². The van der Waals surface area contributed by atoms with E-state index < -0.39 is 12.8 Å². The predicted octanol–water partition coefficient (Wildman–Crippen LogP) is 7.31. The first kappa shape index (κ1) is 27.8. The lowest BCUT2D eigenvalue weighted by atomic mass is 9.66. The molecule has 0 heterocycles. The van der Waals surface area contributed by atoms with Gasteiger partial charge in [0.2, 0.25) is 0 Å². The molecule has 1 aromatic rings. The number of benzene rings is 1. The summed E-state index contributed by atoms with van der Waals surface area (Å²) in [5, 5.41) is -1.29. The largest absolute Gasteiger partial charge is 0.496 e. The maximum Gasteiger partial charge on any atom is 0.343 e. The number of allylic oxidation sites excluding steroid dienone is 1. The maximum absolute atomic E-state index is 13.2. The van der Waals surface area contributed by atoms with Crippen LogP contribution >= 0.6 is 7.60 Å². The van der Waals surface area contributed by atoms with Gasteiger partial charge in [-0.05, 0) is 73.1 Å². The van der Waals surface area contributed by atoms with Crippen molar-refractivity contribution in [3.63, 3.8) is 0 Å². The molecule has 1 unspecified atom stereocenters. The molecule has 0 aromatic heterocycles. The van der Waals surface area contributed by atoms with E-state index in [0.717, 1.165) is 36.1 Å². The lowest BCUT2D eigenvalue weighted by molar-refractivity contribution is -0.116. The van der Waals surface area contributed by atoms with Crippen LogP contribution < -0.4 is 4.74 Å². The number of carbonyl (C=O) groups is 1. The molecule has 5 nitrogen and oxygen atoms in total. The van der Waals surface area contributed by atoms with Crippen molar-refractivity contribution in [3.05, 3.63) is 34.4 Å². The SMILES string of the molecule is COc1c(C(C)(C)C)cc(/C=C/C(=O)C(C)(C)P(=O)(OC)OC)c2c1C(C(C)(C)C)CCC2. The zero-order valence-electron chi connectivity index (χ0n) is 22.4. The van der Waals surface area contributed by atoms with Crippen LogP contribution in [0.1, 0.15) is 96.4 Å². The lowest BCUT2D eigenvalue weighted by Crippen LogP contribution is -2.31. The second-order valence-electron chi connectivity index (χ2n) is 11.6. The summed E-state index contributed by atoms with van der Waals surface area (Å²) in [6.45, 7) is 16.6. The second-order valence-corrected chi connectivity index (χ2v) is 14.5. The molecule has 2 rings (SSSR count). The van der Waals surface area contributed by atoms with Gasteiger partial charge in [0, 0.05) is 25.3 Å². The molecule has 1 atom stereocenters. The van der Waals surface area contributed by atoms with Crippen LogP contribution in [0.5, 0.6) is 5.75 Å². The highest BCUT2D eigenvalue weighted by Crippen LogP contribution is 2.59. The van der Waals surface area contributed by atoms with Crippen molar-refractivity contribution in [1.82, 2.24) is 0 Å². The molecule has 0 aliphatic heterocycles. The molecular formula is C27H43O5P. The molecule has 0 saturated carbocycles. The molecule has 0 saturated heterocycles. The molecule has 0 fully saturated rings. The van der Waals surface area contributed by atoms with Crippen molar-refractivity contribution in [2.45, 2.75) is 91.1 Å². The number of hydrogen-bond donors (Lipinski definition) is 0. The van der Waals surface area contributed by atoms with Crippen LogP contribution in [0.25, 0.3) is 6.08 Å². The van der Waals surface area contributed by atoms with Gasteiger partial charge in [0.05, 0.1) is 7.11 Å². The van der Waals surface area contributed by atoms with Gasteiger partial charge in [-0.1, -0.05) is 47.6 Å². The summed E-state index contributed by atoms with van der Waals surface area (Å²) in [5.74, 6) is 1.05. The van der Waals surface area contributed by atoms with E-state index in [9.17, 15) is 9.36 Å². The monoisotopic (exact) mass is 478 g/mol. The van der Waals surface area contributed by atoms with Crippen molar-refractivity contribution in [1.29, 1.82) is 0 Å². The van der Waals surface area contributed by atoms with Crippen molar-refractivity contribution >= 4 is 19.5 Å². The zero-order valence-corrected chi connectivity index (χ0v) is 23.3. The van der Waals surface area contributed by atoms with Crippen LogP contribution in [-0.4, -0.2) is 32.3 Å². The first-order valence-electron chi connectivity index (χ1n) is 11.7. The second kappa shape index (κ2) is 9.68. The van der Waals surface area contributed by atoms with Gasteiger partial charge in [-0.15, -0.1) is 0 Å². The van der Waals surface area contributed by atoms with Crippen LogP contribution in [0.15, 0.2) is 12.1 Å². The van der Waals surface area contributed by atoms with E-state index in [0.29, 0.717) is 5.92 Å². The minimum absolute atomic E-state index is 0.0846. The number of methoxy groups -OCH3 is 1. The molecule has 0 radical (unpaired) electrons. The van der Waals surface area contributed by atoms with E-state index in [-0.39, 0.29) is 16.6 Å². The molecule has 0 spiro atoms. The number of carbonyl (C=O) groups excluding carboxylic acids is 1. The third-order valence-corrected chi connectivity index (χ3v) is 9.52. The number of rotatable bonds is 7. The molecule has 186 valence electrons. The smallest absolute Gasteiger partial charge is 0.343 e. The van der Waals surface area contributed by atoms with E-state index in [2.05, 4.69) is 47.6 Å². The summed E-state index contributed by atoms with van der Waals surface area (Å²) in [6, 6.07) is 2.16. The molecule has 0 bridgehead atoms. The number of ether oxygens (including phenoxy) is 1. The van der Waals surface area contributed by atoms with E-state index in [1.165, 1.54) is 31.4 Å². The van der Waals surface area contributed by atoms with Gasteiger partial charge >= 0.3 is 7.60 Å². The van der Waals surface area contributed by atoms with Crippen LogP contribution in [-0.2, 0) is 30.2 Å². The molecule has 1 aliphatic rings. The summed E-state index contributed by atoms with van der Waals surface area (Å²) in [7, 11) is 0.793. The highest BCUT2D eigenvalue weighted by Gasteiger charge is 2.47. The lowest BCUT2D eigenvalue weighted by Gasteiger charge is -2.39. The minimum Gasteiger partial charge on any atom is -0.496 e. The number of hydrogen-bond acceptors (Lipinski definition) is 5. The normalized spacial score (nSPS) is 17.8.